The fourth-order valence-corrected chi connectivity index (χ4v) is 2.98. The Morgan fingerprint density at radius 3 is 2.26 bits per heavy atom. The van der Waals surface area contributed by atoms with Crippen molar-refractivity contribution in [1.82, 2.24) is 4.90 Å². The average Bonchev–Trinajstić information content (AvgIpc) is 2.72. The third kappa shape index (κ3) is 4.41. The van der Waals surface area contributed by atoms with Crippen LogP contribution in [0.25, 0.3) is 5.57 Å². The third-order valence-corrected chi connectivity index (χ3v) is 4.46. The molecule has 1 heterocycles. The summed E-state index contributed by atoms with van der Waals surface area (Å²) >= 11 is 0. The van der Waals surface area contributed by atoms with Crippen molar-refractivity contribution in [3.63, 3.8) is 0 Å². The van der Waals surface area contributed by atoms with Gasteiger partial charge in [-0.25, -0.2) is 0 Å². The number of benzene rings is 2. The number of rotatable bonds is 5. The van der Waals surface area contributed by atoms with Crippen molar-refractivity contribution in [2.75, 3.05) is 40.5 Å². The first kappa shape index (κ1) is 18.8. The molecule has 0 spiro atoms. The van der Waals surface area contributed by atoms with Gasteiger partial charge in [0.25, 0.3) is 0 Å². The highest BCUT2D eigenvalue weighted by Crippen LogP contribution is 2.33. The normalized spacial score (nSPS) is 14.7. The van der Waals surface area contributed by atoms with Gasteiger partial charge in [-0.2, -0.15) is 0 Å². The van der Waals surface area contributed by atoms with Gasteiger partial charge in [0.1, 0.15) is 5.75 Å². The number of amides is 1. The number of carbonyl (C=O) groups excluding carboxylic acids is 1. The van der Waals surface area contributed by atoms with E-state index in [1.807, 2.05) is 18.2 Å². The Hall–Kier alpha value is -2.99. The number of nitrogens with zero attached hydrogens (tertiary/aromatic N) is 1. The van der Waals surface area contributed by atoms with Crippen molar-refractivity contribution in [1.29, 1.82) is 0 Å². The van der Waals surface area contributed by atoms with Crippen LogP contribution in [0.1, 0.15) is 11.1 Å². The summed E-state index contributed by atoms with van der Waals surface area (Å²) in [6, 6.07) is 12.3. The van der Waals surface area contributed by atoms with E-state index in [4.69, 9.17) is 14.2 Å². The maximum absolute atomic E-state index is 12.8. The molecule has 1 aliphatic heterocycles. The molecule has 1 aliphatic rings. The summed E-state index contributed by atoms with van der Waals surface area (Å²) in [7, 11) is 3.15. The van der Waals surface area contributed by atoms with Crippen LogP contribution in [0.2, 0.25) is 0 Å². The second-order valence-electron chi connectivity index (χ2n) is 6.11. The Kier molecular flexibility index (Phi) is 5.98. The molecule has 0 bridgehead atoms. The van der Waals surface area contributed by atoms with E-state index in [0.717, 1.165) is 16.7 Å². The number of methoxy groups -OCH3 is 2. The number of ether oxygens (including phenoxy) is 3. The number of hydrogen-bond donors (Lipinski definition) is 1. The molecular weight excluding hydrogens is 346 g/mol. The van der Waals surface area contributed by atoms with E-state index in [9.17, 15) is 9.90 Å². The van der Waals surface area contributed by atoms with Crippen LogP contribution >= 0.6 is 0 Å². The second kappa shape index (κ2) is 8.60. The summed E-state index contributed by atoms with van der Waals surface area (Å²) in [5.74, 6) is 1.30. The highest BCUT2D eigenvalue weighted by atomic mass is 16.5. The van der Waals surface area contributed by atoms with Gasteiger partial charge in [0.05, 0.1) is 27.4 Å². The maximum Gasteiger partial charge on any atom is 0.247 e. The third-order valence-electron chi connectivity index (χ3n) is 4.46. The smallest absolute Gasteiger partial charge is 0.247 e. The molecule has 1 N–H and O–H groups in total. The van der Waals surface area contributed by atoms with Crippen molar-refractivity contribution in [3.8, 4) is 17.2 Å². The SMILES string of the molecule is COc1ccc(C(=CC(=O)N2CCOCC2)c2ccc(O)cc2)cc1OC. The molecule has 142 valence electrons. The van der Waals surface area contributed by atoms with E-state index < -0.39 is 0 Å². The zero-order valence-corrected chi connectivity index (χ0v) is 15.5. The standard InChI is InChI=1S/C21H23NO5/c1-25-19-8-5-16(13-20(19)26-2)18(15-3-6-17(23)7-4-15)14-21(24)22-9-11-27-12-10-22/h3-8,13-14,23H,9-12H2,1-2H3. The Bertz CT molecular complexity index is 823. The lowest BCUT2D eigenvalue weighted by Gasteiger charge is -2.26. The molecule has 0 saturated carbocycles. The summed E-state index contributed by atoms with van der Waals surface area (Å²) in [4.78, 5) is 14.6. The van der Waals surface area contributed by atoms with Crippen LogP contribution in [0.4, 0.5) is 0 Å². The molecule has 2 aromatic rings. The molecule has 0 radical (unpaired) electrons. The maximum atomic E-state index is 12.8. The van der Waals surface area contributed by atoms with E-state index in [1.165, 1.54) is 0 Å². The molecule has 0 atom stereocenters. The molecule has 3 rings (SSSR count). The lowest BCUT2D eigenvalue weighted by Crippen LogP contribution is -2.39. The Labute approximate surface area is 158 Å². The topological polar surface area (TPSA) is 68.2 Å². The number of morpholine rings is 1. The largest absolute Gasteiger partial charge is 0.508 e. The molecule has 2 aromatic carbocycles. The van der Waals surface area contributed by atoms with Gasteiger partial charge < -0.3 is 24.2 Å². The molecular formula is C21H23NO5. The van der Waals surface area contributed by atoms with E-state index in [-0.39, 0.29) is 11.7 Å². The van der Waals surface area contributed by atoms with Crippen LogP contribution in [0, 0.1) is 0 Å². The van der Waals surface area contributed by atoms with Crippen LogP contribution in [-0.2, 0) is 9.53 Å². The van der Waals surface area contributed by atoms with E-state index >= 15 is 0 Å². The Morgan fingerprint density at radius 2 is 1.63 bits per heavy atom. The summed E-state index contributed by atoms with van der Waals surface area (Å²) in [6.45, 7) is 2.24. The highest BCUT2D eigenvalue weighted by molar-refractivity contribution is 5.99. The number of phenolic OH excluding ortho intramolecular Hbond substituents is 1. The Morgan fingerprint density at radius 1 is 1.00 bits per heavy atom. The van der Waals surface area contributed by atoms with Crippen molar-refractivity contribution in [2.24, 2.45) is 0 Å². The monoisotopic (exact) mass is 369 g/mol. The van der Waals surface area contributed by atoms with E-state index in [1.54, 1.807) is 49.5 Å². The zero-order chi connectivity index (χ0) is 19.2. The van der Waals surface area contributed by atoms with Gasteiger partial charge >= 0.3 is 0 Å². The molecule has 27 heavy (non-hydrogen) atoms. The summed E-state index contributed by atoms with van der Waals surface area (Å²) in [5, 5.41) is 9.60. The van der Waals surface area contributed by atoms with Crippen molar-refractivity contribution >= 4 is 11.5 Å². The van der Waals surface area contributed by atoms with Gasteiger partial charge in [-0.1, -0.05) is 18.2 Å². The van der Waals surface area contributed by atoms with Gasteiger partial charge in [0.15, 0.2) is 11.5 Å². The van der Waals surface area contributed by atoms with Gasteiger partial charge in [-0.05, 0) is 41.0 Å². The lowest BCUT2D eigenvalue weighted by atomic mass is 9.96. The van der Waals surface area contributed by atoms with Crippen molar-refractivity contribution in [3.05, 3.63) is 59.7 Å². The fourth-order valence-electron chi connectivity index (χ4n) is 2.98. The summed E-state index contributed by atoms with van der Waals surface area (Å²) in [6.07, 6.45) is 1.62. The van der Waals surface area contributed by atoms with Gasteiger partial charge in [-0.15, -0.1) is 0 Å². The van der Waals surface area contributed by atoms with Gasteiger partial charge in [-0.3, -0.25) is 4.79 Å². The summed E-state index contributed by atoms with van der Waals surface area (Å²) in [5.41, 5.74) is 2.38. The van der Waals surface area contributed by atoms with Crippen LogP contribution < -0.4 is 9.47 Å². The highest BCUT2D eigenvalue weighted by Gasteiger charge is 2.18. The number of hydrogen-bond acceptors (Lipinski definition) is 5. The van der Waals surface area contributed by atoms with Gasteiger partial charge in [0.2, 0.25) is 5.91 Å². The predicted molar refractivity (Wildman–Crippen MR) is 102 cm³/mol. The minimum atomic E-state index is -0.0730. The molecule has 1 fully saturated rings. The number of phenols is 1. The first-order valence-corrected chi connectivity index (χ1v) is 8.72. The second-order valence-corrected chi connectivity index (χ2v) is 6.11. The van der Waals surface area contributed by atoms with Crippen molar-refractivity contribution < 1.29 is 24.1 Å². The van der Waals surface area contributed by atoms with Crippen molar-refractivity contribution in [2.45, 2.75) is 0 Å². The van der Waals surface area contributed by atoms with E-state index in [0.29, 0.717) is 37.8 Å². The molecule has 1 saturated heterocycles. The van der Waals surface area contributed by atoms with Crippen LogP contribution in [-0.4, -0.2) is 56.4 Å². The number of aromatic hydroxyl groups is 1. The van der Waals surface area contributed by atoms with Crippen LogP contribution in [0.3, 0.4) is 0 Å². The van der Waals surface area contributed by atoms with E-state index in [2.05, 4.69) is 0 Å². The Balaban J connectivity index is 2.03. The summed E-state index contributed by atoms with van der Waals surface area (Å²) < 4.78 is 16.0. The minimum absolute atomic E-state index is 0.0730. The average molecular weight is 369 g/mol. The molecule has 0 aliphatic carbocycles. The molecule has 1 amide bonds. The van der Waals surface area contributed by atoms with Crippen LogP contribution in [0.15, 0.2) is 48.5 Å². The van der Waals surface area contributed by atoms with Gasteiger partial charge in [0, 0.05) is 19.2 Å². The molecule has 6 nitrogen and oxygen atoms in total. The molecule has 6 heteroatoms. The minimum Gasteiger partial charge on any atom is -0.508 e. The molecule has 0 unspecified atom stereocenters. The quantitative estimate of drug-likeness (QED) is 0.821. The lowest BCUT2D eigenvalue weighted by molar-refractivity contribution is -0.129. The fraction of sp³-hybridized carbons (Fsp3) is 0.286. The molecule has 0 aromatic heterocycles. The first-order chi connectivity index (χ1) is 13.1. The number of carbonyl (C=O) groups is 1. The van der Waals surface area contributed by atoms with Crippen LogP contribution in [0.5, 0.6) is 17.2 Å². The first-order valence-electron chi connectivity index (χ1n) is 8.72. The predicted octanol–water partition coefficient (Wildman–Crippen LogP) is 2.70. The zero-order valence-electron chi connectivity index (χ0n) is 15.5.